The maximum atomic E-state index is 12.8. The summed E-state index contributed by atoms with van der Waals surface area (Å²) < 4.78 is 2.25. The molecule has 0 aliphatic carbocycles. The van der Waals surface area contributed by atoms with Crippen LogP contribution in [0, 0.1) is 0 Å². The van der Waals surface area contributed by atoms with Gasteiger partial charge in [-0.1, -0.05) is 17.7 Å². The van der Waals surface area contributed by atoms with Crippen LogP contribution in [0.1, 0.15) is 41.4 Å². The molecule has 1 aromatic carbocycles. The molecule has 1 fully saturated rings. The first kappa shape index (κ1) is 18.9. The SMILES string of the molecule is CN(C)CCCn1ccnc1C1CCCN(C(=O)c2cccc(Cl)c2)C1. The summed E-state index contributed by atoms with van der Waals surface area (Å²) in [6, 6.07) is 7.20. The van der Waals surface area contributed by atoms with Gasteiger partial charge in [-0.2, -0.15) is 0 Å². The molecule has 26 heavy (non-hydrogen) atoms. The highest BCUT2D eigenvalue weighted by molar-refractivity contribution is 6.30. The van der Waals surface area contributed by atoms with Crippen LogP contribution in [0.25, 0.3) is 0 Å². The van der Waals surface area contributed by atoms with Crippen LogP contribution in [-0.4, -0.2) is 59.0 Å². The van der Waals surface area contributed by atoms with Crippen molar-refractivity contribution in [2.45, 2.75) is 31.7 Å². The number of imidazole rings is 1. The van der Waals surface area contributed by atoms with Gasteiger partial charge < -0.3 is 14.4 Å². The molecule has 1 amide bonds. The van der Waals surface area contributed by atoms with Crippen molar-refractivity contribution >= 4 is 17.5 Å². The second-order valence-electron chi connectivity index (χ2n) is 7.24. The number of likely N-dealkylation sites (tertiary alicyclic amines) is 1. The molecular formula is C20H27ClN4O. The highest BCUT2D eigenvalue weighted by atomic mass is 35.5. The Bertz CT molecular complexity index is 743. The van der Waals surface area contributed by atoms with E-state index in [1.165, 1.54) is 0 Å². The van der Waals surface area contributed by atoms with Crippen molar-refractivity contribution in [3.05, 3.63) is 53.1 Å². The molecule has 2 aromatic rings. The molecule has 1 aromatic heterocycles. The molecular weight excluding hydrogens is 348 g/mol. The number of carbonyl (C=O) groups excluding carboxylic acids is 1. The second kappa shape index (κ2) is 8.69. The van der Waals surface area contributed by atoms with Crippen LogP contribution < -0.4 is 0 Å². The Morgan fingerprint density at radius 3 is 3.00 bits per heavy atom. The van der Waals surface area contributed by atoms with Gasteiger partial charge in [0, 0.05) is 48.5 Å². The predicted molar refractivity (Wildman–Crippen MR) is 105 cm³/mol. The first-order chi connectivity index (χ1) is 12.5. The van der Waals surface area contributed by atoms with Crippen LogP contribution in [-0.2, 0) is 6.54 Å². The summed E-state index contributed by atoms with van der Waals surface area (Å²) in [5.41, 5.74) is 0.660. The largest absolute Gasteiger partial charge is 0.338 e. The van der Waals surface area contributed by atoms with Crippen LogP contribution in [0.3, 0.4) is 0 Å². The van der Waals surface area contributed by atoms with Crippen molar-refractivity contribution in [2.75, 3.05) is 33.7 Å². The van der Waals surface area contributed by atoms with E-state index in [0.717, 1.165) is 51.3 Å². The van der Waals surface area contributed by atoms with Gasteiger partial charge >= 0.3 is 0 Å². The van der Waals surface area contributed by atoms with E-state index in [2.05, 4.69) is 34.7 Å². The number of hydrogen-bond donors (Lipinski definition) is 0. The number of piperidine rings is 1. The number of halogens is 1. The molecule has 0 bridgehead atoms. The van der Waals surface area contributed by atoms with Crippen molar-refractivity contribution in [1.29, 1.82) is 0 Å². The number of hydrogen-bond acceptors (Lipinski definition) is 3. The molecule has 1 saturated heterocycles. The number of nitrogens with zero attached hydrogens (tertiary/aromatic N) is 4. The molecule has 1 unspecified atom stereocenters. The smallest absolute Gasteiger partial charge is 0.253 e. The molecule has 1 aliphatic rings. The van der Waals surface area contributed by atoms with E-state index in [1.807, 2.05) is 23.2 Å². The fraction of sp³-hybridized carbons (Fsp3) is 0.500. The van der Waals surface area contributed by atoms with Crippen LogP contribution in [0.5, 0.6) is 0 Å². The Morgan fingerprint density at radius 1 is 1.38 bits per heavy atom. The van der Waals surface area contributed by atoms with Gasteiger partial charge in [0.15, 0.2) is 0 Å². The zero-order valence-corrected chi connectivity index (χ0v) is 16.3. The Morgan fingerprint density at radius 2 is 2.23 bits per heavy atom. The lowest BCUT2D eigenvalue weighted by atomic mass is 9.96. The van der Waals surface area contributed by atoms with E-state index >= 15 is 0 Å². The topological polar surface area (TPSA) is 41.4 Å². The third-order valence-corrected chi connectivity index (χ3v) is 5.13. The van der Waals surface area contributed by atoms with Crippen molar-refractivity contribution in [1.82, 2.24) is 19.4 Å². The van der Waals surface area contributed by atoms with Gasteiger partial charge in [-0.15, -0.1) is 0 Å². The quantitative estimate of drug-likeness (QED) is 0.777. The third-order valence-electron chi connectivity index (χ3n) is 4.90. The van der Waals surface area contributed by atoms with E-state index in [-0.39, 0.29) is 5.91 Å². The van der Waals surface area contributed by atoms with E-state index in [1.54, 1.807) is 12.1 Å². The van der Waals surface area contributed by atoms with E-state index in [4.69, 9.17) is 11.6 Å². The van der Waals surface area contributed by atoms with E-state index < -0.39 is 0 Å². The van der Waals surface area contributed by atoms with Gasteiger partial charge in [-0.3, -0.25) is 4.79 Å². The number of carbonyl (C=O) groups is 1. The Kier molecular flexibility index (Phi) is 6.33. The van der Waals surface area contributed by atoms with Crippen LogP contribution in [0.2, 0.25) is 5.02 Å². The Hall–Kier alpha value is -1.85. The van der Waals surface area contributed by atoms with Gasteiger partial charge in [0.25, 0.3) is 5.91 Å². The minimum atomic E-state index is 0.0583. The minimum absolute atomic E-state index is 0.0583. The lowest BCUT2D eigenvalue weighted by molar-refractivity contribution is 0.0703. The van der Waals surface area contributed by atoms with Gasteiger partial charge in [0.1, 0.15) is 5.82 Å². The van der Waals surface area contributed by atoms with E-state index in [9.17, 15) is 4.79 Å². The number of aryl methyl sites for hydroxylation is 1. The number of rotatable bonds is 6. The van der Waals surface area contributed by atoms with Crippen molar-refractivity contribution < 1.29 is 4.79 Å². The molecule has 2 heterocycles. The summed E-state index contributed by atoms with van der Waals surface area (Å²) >= 11 is 6.04. The number of benzene rings is 1. The lowest BCUT2D eigenvalue weighted by Crippen LogP contribution is -2.39. The third kappa shape index (κ3) is 4.65. The molecule has 0 N–H and O–H groups in total. The van der Waals surface area contributed by atoms with Crippen molar-refractivity contribution in [2.24, 2.45) is 0 Å². The molecule has 1 atom stereocenters. The van der Waals surface area contributed by atoms with Crippen molar-refractivity contribution in [3.63, 3.8) is 0 Å². The van der Waals surface area contributed by atoms with E-state index in [0.29, 0.717) is 16.5 Å². The normalized spacial score (nSPS) is 17.7. The van der Waals surface area contributed by atoms with Gasteiger partial charge in [0.05, 0.1) is 0 Å². The summed E-state index contributed by atoms with van der Waals surface area (Å²) in [4.78, 5) is 21.6. The maximum absolute atomic E-state index is 12.8. The first-order valence-corrected chi connectivity index (χ1v) is 9.63. The monoisotopic (exact) mass is 374 g/mol. The maximum Gasteiger partial charge on any atom is 0.253 e. The zero-order chi connectivity index (χ0) is 18.5. The summed E-state index contributed by atoms with van der Waals surface area (Å²) in [7, 11) is 4.19. The number of aromatic nitrogens is 2. The molecule has 5 nitrogen and oxygen atoms in total. The summed E-state index contributed by atoms with van der Waals surface area (Å²) in [5, 5.41) is 0.598. The first-order valence-electron chi connectivity index (χ1n) is 9.25. The molecule has 0 spiro atoms. The highest BCUT2D eigenvalue weighted by Crippen LogP contribution is 2.27. The average Bonchev–Trinajstić information content (AvgIpc) is 3.09. The fourth-order valence-corrected chi connectivity index (χ4v) is 3.79. The van der Waals surface area contributed by atoms with Gasteiger partial charge in [-0.25, -0.2) is 4.98 Å². The van der Waals surface area contributed by atoms with Gasteiger partial charge in [-0.05, 0) is 58.1 Å². The molecule has 6 heteroatoms. The van der Waals surface area contributed by atoms with Crippen LogP contribution in [0.15, 0.2) is 36.7 Å². The predicted octanol–water partition coefficient (Wildman–Crippen LogP) is 3.51. The Labute approximate surface area is 160 Å². The summed E-state index contributed by atoms with van der Waals surface area (Å²) in [6.45, 7) is 3.53. The molecule has 3 rings (SSSR count). The highest BCUT2D eigenvalue weighted by Gasteiger charge is 2.28. The van der Waals surface area contributed by atoms with Crippen molar-refractivity contribution in [3.8, 4) is 0 Å². The molecule has 0 saturated carbocycles. The fourth-order valence-electron chi connectivity index (χ4n) is 3.60. The Balaban J connectivity index is 1.67. The second-order valence-corrected chi connectivity index (χ2v) is 7.67. The standard InChI is InChI=1S/C20H27ClN4O/c1-23(2)10-5-12-24-13-9-22-19(24)17-7-4-11-25(15-17)20(26)16-6-3-8-18(21)14-16/h3,6,8-9,13-14,17H,4-5,7,10-12,15H2,1-2H3. The summed E-state index contributed by atoms with van der Waals surface area (Å²) in [6.07, 6.45) is 7.10. The zero-order valence-electron chi connectivity index (χ0n) is 15.6. The number of amides is 1. The molecule has 140 valence electrons. The van der Waals surface area contributed by atoms with Crippen LogP contribution >= 0.6 is 11.6 Å². The lowest BCUT2D eigenvalue weighted by Gasteiger charge is -2.33. The average molecular weight is 375 g/mol. The minimum Gasteiger partial charge on any atom is -0.338 e. The van der Waals surface area contributed by atoms with Gasteiger partial charge in [0.2, 0.25) is 0 Å². The summed E-state index contributed by atoms with van der Waals surface area (Å²) in [5.74, 6) is 1.46. The van der Waals surface area contributed by atoms with Crippen LogP contribution in [0.4, 0.5) is 0 Å². The molecule has 1 aliphatic heterocycles. The molecule has 0 radical (unpaired) electrons.